The third-order valence-electron chi connectivity index (χ3n) is 3.05. The van der Waals surface area contributed by atoms with Crippen molar-refractivity contribution in [3.63, 3.8) is 0 Å². The standard InChI is InChI=1S/C13H13F2N3O2/c1-13(2,7-3-4-8(14)9(15)5-7)12-16-10(17-18-12)6-11(19)20/h3-5H,6H2,1-2H3,(H,19,20)(H,16,17,18). The Morgan fingerprint density at radius 1 is 1.35 bits per heavy atom. The molecule has 0 radical (unpaired) electrons. The zero-order valence-corrected chi connectivity index (χ0v) is 10.9. The highest BCUT2D eigenvalue weighted by molar-refractivity contribution is 5.68. The fourth-order valence-electron chi connectivity index (χ4n) is 1.81. The maximum absolute atomic E-state index is 13.3. The van der Waals surface area contributed by atoms with Crippen molar-refractivity contribution in [1.82, 2.24) is 15.2 Å². The molecule has 5 nitrogen and oxygen atoms in total. The molecule has 2 N–H and O–H groups in total. The Hall–Kier alpha value is -2.31. The van der Waals surface area contributed by atoms with Gasteiger partial charge in [0, 0.05) is 0 Å². The number of hydrogen-bond donors (Lipinski definition) is 2. The van der Waals surface area contributed by atoms with E-state index in [-0.39, 0.29) is 12.2 Å². The van der Waals surface area contributed by atoms with Crippen LogP contribution in [0.1, 0.15) is 31.1 Å². The van der Waals surface area contributed by atoms with Crippen molar-refractivity contribution in [2.45, 2.75) is 25.7 Å². The first-order valence-corrected chi connectivity index (χ1v) is 5.90. The molecule has 0 fully saturated rings. The number of carboxylic acids is 1. The number of nitrogens with zero attached hydrogens (tertiary/aromatic N) is 2. The molecule has 106 valence electrons. The predicted molar refractivity (Wildman–Crippen MR) is 66.2 cm³/mol. The molecule has 0 amide bonds. The molecule has 0 atom stereocenters. The van der Waals surface area contributed by atoms with Gasteiger partial charge in [-0.2, -0.15) is 5.10 Å². The van der Waals surface area contributed by atoms with E-state index in [9.17, 15) is 13.6 Å². The molecule has 0 bridgehead atoms. The molecule has 0 spiro atoms. The summed E-state index contributed by atoms with van der Waals surface area (Å²) >= 11 is 0. The monoisotopic (exact) mass is 281 g/mol. The van der Waals surface area contributed by atoms with Gasteiger partial charge in [-0.25, -0.2) is 13.8 Å². The molecule has 0 saturated carbocycles. The number of benzene rings is 1. The van der Waals surface area contributed by atoms with E-state index in [1.807, 2.05) is 0 Å². The summed E-state index contributed by atoms with van der Waals surface area (Å²) in [5, 5.41) is 15.2. The van der Waals surface area contributed by atoms with Crippen LogP contribution in [-0.4, -0.2) is 26.3 Å². The van der Waals surface area contributed by atoms with Crippen molar-refractivity contribution in [3.05, 3.63) is 47.0 Å². The zero-order valence-electron chi connectivity index (χ0n) is 10.9. The Labute approximate surface area is 113 Å². The van der Waals surface area contributed by atoms with Crippen LogP contribution in [0.4, 0.5) is 8.78 Å². The minimum Gasteiger partial charge on any atom is -0.481 e. The van der Waals surface area contributed by atoms with E-state index in [1.54, 1.807) is 13.8 Å². The van der Waals surface area contributed by atoms with E-state index in [4.69, 9.17) is 5.11 Å². The van der Waals surface area contributed by atoms with Gasteiger partial charge in [-0.1, -0.05) is 6.07 Å². The van der Waals surface area contributed by atoms with Crippen LogP contribution < -0.4 is 0 Å². The molecular formula is C13H13F2N3O2. The van der Waals surface area contributed by atoms with E-state index in [0.717, 1.165) is 12.1 Å². The number of carbonyl (C=O) groups is 1. The van der Waals surface area contributed by atoms with Crippen molar-refractivity contribution < 1.29 is 18.7 Å². The number of hydrogen-bond acceptors (Lipinski definition) is 3. The molecule has 2 aromatic rings. The third kappa shape index (κ3) is 2.66. The lowest BCUT2D eigenvalue weighted by Crippen LogP contribution is -2.21. The van der Waals surface area contributed by atoms with Crippen molar-refractivity contribution in [2.75, 3.05) is 0 Å². The number of aliphatic carboxylic acids is 1. The van der Waals surface area contributed by atoms with Gasteiger partial charge in [0.2, 0.25) is 0 Å². The average molecular weight is 281 g/mol. The van der Waals surface area contributed by atoms with Crippen molar-refractivity contribution in [1.29, 1.82) is 0 Å². The first-order chi connectivity index (χ1) is 9.30. The van der Waals surface area contributed by atoms with E-state index >= 15 is 0 Å². The highest BCUT2D eigenvalue weighted by atomic mass is 19.2. The summed E-state index contributed by atoms with van der Waals surface area (Å²) < 4.78 is 26.3. The topological polar surface area (TPSA) is 78.9 Å². The first kappa shape index (κ1) is 14.1. The molecule has 1 heterocycles. The van der Waals surface area contributed by atoms with Gasteiger partial charge in [0.25, 0.3) is 0 Å². The van der Waals surface area contributed by atoms with Crippen LogP contribution in [0.15, 0.2) is 18.2 Å². The number of rotatable bonds is 4. The van der Waals surface area contributed by atoms with Gasteiger partial charge in [0.1, 0.15) is 12.2 Å². The van der Waals surface area contributed by atoms with Gasteiger partial charge < -0.3 is 5.11 Å². The number of aromatic nitrogens is 3. The van der Waals surface area contributed by atoms with E-state index < -0.39 is 23.0 Å². The number of halogens is 2. The molecule has 1 aromatic heterocycles. The van der Waals surface area contributed by atoms with Gasteiger partial charge in [0.15, 0.2) is 17.5 Å². The van der Waals surface area contributed by atoms with Crippen LogP contribution in [0.25, 0.3) is 0 Å². The molecular weight excluding hydrogens is 268 g/mol. The third-order valence-corrected chi connectivity index (χ3v) is 3.05. The number of aromatic amines is 1. The molecule has 0 aliphatic heterocycles. The largest absolute Gasteiger partial charge is 0.481 e. The Kier molecular flexibility index (Phi) is 3.52. The maximum atomic E-state index is 13.3. The van der Waals surface area contributed by atoms with Crippen molar-refractivity contribution in [3.8, 4) is 0 Å². The summed E-state index contributed by atoms with van der Waals surface area (Å²) in [5.74, 6) is -2.37. The van der Waals surface area contributed by atoms with Crippen LogP contribution in [-0.2, 0) is 16.6 Å². The average Bonchev–Trinajstić information content (AvgIpc) is 2.80. The van der Waals surface area contributed by atoms with E-state index in [0.29, 0.717) is 11.4 Å². The second-order valence-corrected chi connectivity index (χ2v) is 4.93. The Balaban J connectivity index is 2.35. The zero-order chi connectivity index (χ0) is 14.9. The molecule has 7 heteroatoms. The molecule has 0 saturated heterocycles. The fourth-order valence-corrected chi connectivity index (χ4v) is 1.81. The summed E-state index contributed by atoms with van der Waals surface area (Å²) in [6, 6.07) is 3.57. The van der Waals surface area contributed by atoms with Gasteiger partial charge in [0.05, 0.1) is 5.41 Å². The maximum Gasteiger partial charge on any atom is 0.311 e. The molecule has 0 unspecified atom stereocenters. The minimum absolute atomic E-state index is 0.211. The minimum atomic E-state index is -1.03. The lowest BCUT2D eigenvalue weighted by atomic mass is 9.84. The summed E-state index contributed by atoms with van der Waals surface area (Å²) in [4.78, 5) is 14.7. The van der Waals surface area contributed by atoms with Gasteiger partial charge in [-0.15, -0.1) is 0 Å². The Morgan fingerprint density at radius 2 is 2.05 bits per heavy atom. The molecule has 0 aliphatic carbocycles. The van der Waals surface area contributed by atoms with E-state index in [1.165, 1.54) is 6.07 Å². The van der Waals surface area contributed by atoms with Gasteiger partial charge in [-0.05, 0) is 31.5 Å². The number of carboxylic acid groups (broad SMARTS) is 1. The van der Waals surface area contributed by atoms with Crippen molar-refractivity contribution >= 4 is 5.97 Å². The number of nitrogens with one attached hydrogen (secondary N) is 1. The normalized spacial score (nSPS) is 11.6. The van der Waals surface area contributed by atoms with Gasteiger partial charge in [-0.3, -0.25) is 9.89 Å². The molecule has 1 aromatic carbocycles. The molecule has 20 heavy (non-hydrogen) atoms. The van der Waals surface area contributed by atoms with Gasteiger partial charge >= 0.3 is 5.97 Å². The second kappa shape index (κ2) is 4.99. The second-order valence-electron chi connectivity index (χ2n) is 4.93. The quantitative estimate of drug-likeness (QED) is 0.898. The predicted octanol–water partition coefficient (Wildman–Crippen LogP) is 2.04. The SMILES string of the molecule is CC(C)(c1ccc(F)c(F)c1)c1n[nH]c(CC(=O)O)n1. The lowest BCUT2D eigenvalue weighted by molar-refractivity contribution is -0.136. The van der Waals surface area contributed by atoms with Crippen molar-refractivity contribution in [2.24, 2.45) is 0 Å². The van der Waals surface area contributed by atoms with Crippen LogP contribution in [0.5, 0.6) is 0 Å². The number of H-pyrrole nitrogens is 1. The summed E-state index contributed by atoms with van der Waals surface area (Å²) in [6.07, 6.45) is -0.277. The summed E-state index contributed by atoms with van der Waals surface area (Å²) in [5.41, 5.74) is -0.279. The smallest absolute Gasteiger partial charge is 0.311 e. The molecule has 2 rings (SSSR count). The summed E-state index contributed by atoms with van der Waals surface area (Å²) in [6.45, 7) is 3.49. The lowest BCUT2D eigenvalue weighted by Gasteiger charge is -2.21. The van der Waals surface area contributed by atoms with Crippen LogP contribution in [0.3, 0.4) is 0 Å². The van der Waals surface area contributed by atoms with Crippen LogP contribution in [0.2, 0.25) is 0 Å². The first-order valence-electron chi connectivity index (χ1n) is 5.90. The highest BCUT2D eigenvalue weighted by Crippen LogP contribution is 2.29. The van der Waals surface area contributed by atoms with Crippen LogP contribution >= 0.6 is 0 Å². The highest BCUT2D eigenvalue weighted by Gasteiger charge is 2.29. The van der Waals surface area contributed by atoms with E-state index in [2.05, 4.69) is 15.2 Å². The Morgan fingerprint density at radius 3 is 2.65 bits per heavy atom. The fraction of sp³-hybridized carbons (Fsp3) is 0.308. The van der Waals surface area contributed by atoms with Crippen LogP contribution in [0, 0.1) is 11.6 Å². The molecule has 0 aliphatic rings. The Bertz CT molecular complexity index is 653. The summed E-state index contributed by atoms with van der Waals surface area (Å²) in [7, 11) is 0.